The van der Waals surface area contributed by atoms with Crippen molar-refractivity contribution in [3.63, 3.8) is 0 Å². The molecule has 2 N–H and O–H groups in total. The fourth-order valence-electron chi connectivity index (χ4n) is 2.07. The summed E-state index contributed by atoms with van der Waals surface area (Å²) in [6.07, 6.45) is 1.64. The van der Waals surface area contributed by atoms with Crippen LogP contribution in [0.4, 0.5) is 0 Å². The number of nitrogens with zero attached hydrogens (tertiary/aromatic N) is 2. The predicted molar refractivity (Wildman–Crippen MR) is 66.1 cm³/mol. The van der Waals surface area contributed by atoms with Gasteiger partial charge in [0.1, 0.15) is 0 Å². The molecule has 0 aromatic carbocycles. The maximum absolute atomic E-state index is 11.7. The fourth-order valence-corrected chi connectivity index (χ4v) is 2.07. The van der Waals surface area contributed by atoms with E-state index in [0.29, 0.717) is 18.2 Å². The average molecular weight is 227 g/mol. The standard InChI is InChI=1S/C12H25N3O/c1-3-4-12(16)15-7-5-14(6-8-15)10-11(2)9-13/h11H,3-10,13H2,1-2H3. The highest BCUT2D eigenvalue weighted by molar-refractivity contribution is 5.76. The van der Waals surface area contributed by atoms with Crippen molar-refractivity contribution >= 4 is 5.91 Å². The van der Waals surface area contributed by atoms with Crippen molar-refractivity contribution in [3.8, 4) is 0 Å². The first-order valence-corrected chi connectivity index (χ1v) is 6.37. The number of rotatable bonds is 5. The third kappa shape index (κ3) is 4.10. The number of hydrogen-bond acceptors (Lipinski definition) is 3. The van der Waals surface area contributed by atoms with Gasteiger partial charge in [-0.1, -0.05) is 13.8 Å². The summed E-state index contributed by atoms with van der Waals surface area (Å²) < 4.78 is 0. The molecule has 0 saturated carbocycles. The Bertz CT molecular complexity index is 212. The van der Waals surface area contributed by atoms with Crippen molar-refractivity contribution < 1.29 is 4.79 Å². The molecule has 1 aliphatic rings. The van der Waals surface area contributed by atoms with Crippen LogP contribution in [0.2, 0.25) is 0 Å². The minimum Gasteiger partial charge on any atom is -0.340 e. The molecule has 1 aliphatic heterocycles. The largest absolute Gasteiger partial charge is 0.340 e. The van der Waals surface area contributed by atoms with E-state index < -0.39 is 0 Å². The molecule has 0 aromatic rings. The first kappa shape index (κ1) is 13.5. The topological polar surface area (TPSA) is 49.6 Å². The average Bonchev–Trinajstić information content (AvgIpc) is 2.30. The molecule has 94 valence electrons. The van der Waals surface area contributed by atoms with Crippen LogP contribution >= 0.6 is 0 Å². The Morgan fingerprint density at radius 1 is 1.31 bits per heavy atom. The van der Waals surface area contributed by atoms with E-state index in [4.69, 9.17) is 5.73 Å². The summed E-state index contributed by atoms with van der Waals surface area (Å²) in [4.78, 5) is 16.1. The fraction of sp³-hybridized carbons (Fsp3) is 0.917. The molecule has 1 heterocycles. The molecule has 0 aromatic heterocycles. The molecule has 16 heavy (non-hydrogen) atoms. The van der Waals surface area contributed by atoms with Gasteiger partial charge in [0.25, 0.3) is 0 Å². The zero-order valence-corrected chi connectivity index (χ0v) is 10.6. The van der Waals surface area contributed by atoms with E-state index in [1.54, 1.807) is 0 Å². The van der Waals surface area contributed by atoms with Crippen LogP contribution in [0.15, 0.2) is 0 Å². The number of piperazine rings is 1. The second-order valence-electron chi connectivity index (χ2n) is 4.77. The first-order chi connectivity index (χ1) is 7.67. The Morgan fingerprint density at radius 3 is 2.44 bits per heavy atom. The molecule has 0 bridgehead atoms. The van der Waals surface area contributed by atoms with Gasteiger partial charge < -0.3 is 10.6 Å². The number of hydrogen-bond donors (Lipinski definition) is 1. The molecule has 0 spiro atoms. The lowest BCUT2D eigenvalue weighted by atomic mass is 10.1. The van der Waals surface area contributed by atoms with Crippen LogP contribution in [0, 0.1) is 5.92 Å². The van der Waals surface area contributed by atoms with Gasteiger partial charge in [-0.2, -0.15) is 0 Å². The quantitative estimate of drug-likeness (QED) is 0.745. The Kier molecular flexibility index (Phi) is 5.77. The molecule has 1 fully saturated rings. The summed E-state index contributed by atoms with van der Waals surface area (Å²) in [5.74, 6) is 0.868. The SMILES string of the molecule is CCCC(=O)N1CCN(CC(C)CN)CC1. The maximum Gasteiger partial charge on any atom is 0.222 e. The predicted octanol–water partition coefficient (Wildman–Crippen LogP) is 0.526. The van der Waals surface area contributed by atoms with Crippen LogP contribution in [0.25, 0.3) is 0 Å². The lowest BCUT2D eigenvalue weighted by Crippen LogP contribution is -2.49. The Balaban J connectivity index is 2.25. The van der Waals surface area contributed by atoms with Crippen LogP contribution in [0.3, 0.4) is 0 Å². The lowest BCUT2D eigenvalue weighted by Gasteiger charge is -2.35. The van der Waals surface area contributed by atoms with Crippen LogP contribution in [0.5, 0.6) is 0 Å². The highest BCUT2D eigenvalue weighted by Crippen LogP contribution is 2.07. The zero-order chi connectivity index (χ0) is 12.0. The second-order valence-corrected chi connectivity index (χ2v) is 4.77. The van der Waals surface area contributed by atoms with E-state index in [1.165, 1.54) is 0 Å². The summed E-state index contributed by atoms with van der Waals surface area (Å²) >= 11 is 0. The summed E-state index contributed by atoms with van der Waals surface area (Å²) in [6.45, 7) is 9.80. The van der Waals surface area contributed by atoms with Crippen LogP contribution in [-0.2, 0) is 4.79 Å². The monoisotopic (exact) mass is 227 g/mol. The van der Waals surface area contributed by atoms with Crippen molar-refractivity contribution in [3.05, 3.63) is 0 Å². The highest BCUT2D eigenvalue weighted by Gasteiger charge is 2.20. The molecule has 1 atom stereocenters. The first-order valence-electron chi connectivity index (χ1n) is 6.37. The van der Waals surface area contributed by atoms with E-state index >= 15 is 0 Å². The van der Waals surface area contributed by atoms with Crippen molar-refractivity contribution in [1.29, 1.82) is 0 Å². The van der Waals surface area contributed by atoms with Gasteiger partial charge in [-0.15, -0.1) is 0 Å². The molecule has 0 radical (unpaired) electrons. The van der Waals surface area contributed by atoms with Gasteiger partial charge >= 0.3 is 0 Å². The smallest absolute Gasteiger partial charge is 0.222 e. The third-order valence-electron chi connectivity index (χ3n) is 3.16. The Labute approximate surface area is 98.8 Å². The maximum atomic E-state index is 11.7. The van der Waals surface area contributed by atoms with Crippen LogP contribution in [0.1, 0.15) is 26.7 Å². The van der Waals surface area contributed by atoms with Crippen LogP contribution < -0.4 is 5.73 Å². The zero-order valence-electron chi connectivity index (χ0n) is 10.6. The Hall–Kier alpha value is -0.610. The van der Waals surface area contributed by atoms with E-state index in [2.05, 4.69) is 18.7 Å². The van der Waals surface area contributed by atoms with Gasteiger partial charge in [0.05, 0.1) is 0 Å². The van der Waals surface area contributed by atoms with Gasteiger partial charge in [-0.3, -0.25) is 9.69 Å². The minimum atomic E-state index is 0.314. The van der Waals surface area contributed by atoms with Crippen LogP contribution in [-0.4, -0.2) is 55.0 Å². The molecule has 4 nitrogen and oxygen atoms in total. The normalized spacial score (nSPS) is 19.8. The third-order valence-corrected chi connectivity index (χ3v) is 3.16. The molecular formula is C12H25N3O. The molecular weight excluding hydrogens is 202 g/mol. The van der Waals surface area contributed by atoms with Crippen molar-refractivity contribution in [2.24, 2.45) is 11.7 Å². The van der Waals surface area contributed by atoms with Gasteiger partial charge in [0, 0.05) is 39.1 Å². The summed E-state index contributed by atoms with van der Waals surface area (Å²) in [7, 11) is 0. The van der Waals surface area contributed by atoms with Gasteiger partial charge in [0.15, 0.2) is 0 Å². The van der Waals surface area contributed by atoms with Crippen molar-refractivity contribution in [1.82, 2.24) is 9.80 Å². The number of amides is 1. The Morgan fingerprint density at radius 2 is 1.94 bits per heavy atom. The summed E-state index contributed by atoms with van der Waals surface area (Å²) in [5.41, 5.74) is 5.61. The highest BCUT2D eigenvalue weighted by atomic mass is 16.2. The molecule has 1 rings (SSSR count). The summed E-state index contributed by atoms with van der Waals surface area (Å²) in [6, 6.07) is 0. The van der Waals surface area contributed by atoms with Gasteiger partial charge in [0.2, 0.25) is 5.91 Å². The van der Waals surface area contributed by atoms with E-state index in [9.17, 15) is 4.79 Å². The number of carbonyl (C=O) groups is 1. The van der Waals surface area contributed by atoms with Crippen molar-refractivity contribution in [2.45, 2.75) is 26.7 Å². The molecule has 1 amide bonds. The van der Waals surface area contributed by atoms with Gasteiger partial charge in [-0.25, -0.2) is 0 Å². The molecule has 4 heteroatoms. The van der Waals surface area contributed by atoms with E-state index in [0.717, 1.165) is 45.7 Å². The van der Waals surface area contributed by atoms with Crippen molar-refractivity contribution in [2.75, 3.05) is 39.3 Å². The molecule has 0 aliphatic carbocycles. The molecule has 1 saturated heterocycles. The second kappa shape index (κ2) is 6.86. The van der Waals surface area contributed by atoms with E-state index in [1.807, 2.05) is 4.90 Å². The van der Waals surface area contributed by atoms with E-state index in [-0.39, 0.29) is 0 Å². The number of nitrogens with two attached hydrogens (primary N) is 1. The minimum absolute atomic E-state index is 0.314. The molecule has 1 unspecified atom stereocenters. The lowest BCUT2D eigenvalue weighted by molar-refractivity contribution is -0.133. The number of carbonyl (C=O) groups excluding carboxylic acids is 1. The summed E-state index contributed by atoms with van der Waals surface area (Å²) in [5, 5.41) is 0. The van der Waals surface area contributed by atoms with Gasteiger partial charge in [-0.05, 0) is 18.9 Å².